The zero-order valence-electron chi connectivity index (χ0n) is 20.6. The number of hydrogen-bond acceptors (Lipinski definition) is 6. The number of carbonyl (C=O) groups excluding carboxylic acids is 1. The van der Waals surface area contributed by atoms with Crippen LogP contribution in [0.4, 0.5) is 0 Å². The molecule has 1 aliphatic heterocycles. The van der Waals surface area contributed by atoms with Gasteiger partial charge in [0.05, 0.1) is 22.4 Å². The molecule has 2 N–H and O–H groups in total. The van der Waals surface area contributed by atoms with Crippen molar-refractivity contribution >= 4 is 25.8 Å². The van der Waals surface area contributed by atoms with Gasteiger partial charge in [0.2, 0.25) is 15.9 Å². The van der Waals surface area contributed by atoms with E-state index in [-0.39, 0.29) is 35.4 Å². The number of amides is 1. The van der Waals surface area contributed by atoms with Crippen LogP contribution in [0.3, 0.4) is 0 Å². The molecular formula is C27H31N3O5S2. The fourth-order valence-electron chi connectivity index (χ4n) is 4.44. The van der Waals surface area contributed by atoms with Crippen LogP contribution in [0.15, 0.2) is 89.8 Å². The van der Waals surface area contributed by atoms with E-state index in [4.69, 9.17) is 0 Å². The third-order valence-corrected chi connectivity index (χ3v) is 9.96. The van der Waals surface area contributed by atoms with E-state index in [9.17, 15) is 21.6 Å². The van der Waals surface area contributed by atoms with Crippen LogP contribution in [0.2, 0.25) is 0 Å². The molecule has 1 amide bonds. The maximum Gasteiger partial charge on any atom is 0.243 e. The molecule has 196 valence electrons. The molecule has 0 bridgehead atoms. The smallest absolute Gasteiger partial charge is 0.243 e. The van der Waals surface area contributed by atoms with Gasteiger partial charge in [-0.25, -0.2) is 16.8 Å². The van der Waals surface area contributed by atoms with Gasteiger partial charge < -0.3 is 10.6 Å². The van der Waals surface area contributed by atoms with Gasteiger partial charge in [-0.1, -0.05) is 72.8 Å². The van der Waals surface area contributed by atoms with Crippen molar-refractivity contribution in [3.63, 3.8) is 0 Å². The molecule has 2 atom stereocenters. The second-order valence-corrected chi connectivity index (χ2v) is 13.3. The minimum absolute atomic E-state index is 0.0422. The minimum Gasteiger partial charge on any atom is -0.352 e. The SMILES string of the molecule is CC(=O)NCc1ccc(S(=O)(=O)N(Cc2ccccc2)[C@H]2CS(=O)(=O)C[C@H]2NCc2ccccc2)cc1. The Bertz CT molecular complexity index is 1410. The summed E-state index contributed by atoms with van der Waals surface area (Å²) in [7, 11) is -7.52. The molecule has 0 aromatic heterocycles. The van der Waals surface area contributed by atoms with Crippen LogP contribution >= 0.6 is 0 Å². The highest BCUT2D eigenvalue weighted by Crippen LogP contribution is 2.28. The summed E-state index contributed by atoms with van der Waals surface area (Å²) >= 11 is 0. The molecule has 4 rings (SSSR count). The van der Waals surface area contributed by atoms with E-state index in [0.717, 1.165) is 16.7 Å². The van der Waals surface area contributed by atoms with Gasteiger partial charge in [-0.3, -0.25) is 4.79 Å². The third-order valence-electron chi connectivity index (χ3n) is 6.36. The van der Waals surface area contributed by atoms with Gasteiger partial charge in [0.15, 0.2) is 9.84 Å². The van der Waals surface area contributed by atoms with Gasteiger partial charge in [0.1, 0.15) is 0 Å². The van der Waals surface area contributed by atoms with Gasteiger partial charge >= 0.3 is 0 Å². The van der Waals surface area contributed by atoms with E-state index in [1.54, 1.807) is 12.1 Å². The van der Waals surface area contributed by atoms with Crippen molar-refractivity contribution in [3.05, 3.63) is 102 Å². The maximum atomic E-state index is 14.0. The van der Waals surface area contributed by atoms with Crippen molar-refractivity contribution in [2.75, 3.05) is 11.5 Å². The third kappa shape index (κ3) is 7.04. The average Bonchev–Trinajstić information content (AvgIpc) is 3.20. The van der Waals surface area contributed by atoms with Crippen LogP contribution in [0.1, 0.15) is 23.6 Å². The number of nitrogens with zero attached hydrogens (tertiary/aromatic N) is 1. The highest BCUT2D eigenvalue weighted by molar-refractivity contribution is 7.92. The Hall–Kier alpha value is -3.05. The lowest BCUT2D eigenvalue weighted by Gasteiger charge is -2.32. The van der Waals surface area contributed by atoms with Crippen LogP contribution in [0, 0.1) is 0 Å². The van der Waals surface area contributed by atoms with Crippen molar-refractivity contribution < 1.29 is 21.6 Å². The lowest BCUT2D eigenvalue weighted by atomic mass is 10.1. The molecule has 1 fully saturated rings. The molecule has 3 aromatic carbocycles. The number of rotatable bonds is 10. The molecule has 0 spiro atoms. The fraction of sp³-hybridized carbons (Fsp3) is 0.296. The molecular weight excluding hydrogens is 510 g/mol. The molecule has 1 heterocycles. The molecule has 1 saturated heterocycles. The summed E-state index contributed by atoms with van der Waals surface area (Å²) in [5.41, 5.74) is 2.51. The van der Waals surface area contributed by atoms with E-state index in [1.165, 1.54) is 23.4 Å². The molecule has 0 saturated carbocycles. The Morgan fingerprint density at radius 1 is 0.838 bits per heavy atom. The largest absolute Gasteiger partial charge is 0.352 e. The predicted molar refractivity (Wildman–Crippen MR) is 143 cm³/mol. The number of sulfonamides is 1. The number of nitrogens with one attached hydrogen (secondary N) is 2. The quantitative estimate of drug-likeness (QED) is 0.408. The van der Waals surface area contributed by atoms with Gasteiger partial charge in [-0.05, 0) is 28.8 Å². The van der Waals surface area contributed by atoms with E-state index in [0.29, 0.717) is 6.54 Å². The van der Waals surface area contributed by atoms with Crippen molar-refractivity contribution in [2.45, 2.75) is 43.5 Å². The Balaban J connectivity index is 1.65. The summed E-state index contributed by atoms with van der Waals surface area (Å²) in [5, 5.41) is 5.99. The zero-order chi connectivity index (χ0) is 26.5. The van der Waals surface area contributed by atoms with Gasteiger partial charge in [0, 0.05) is 32.6 Å². The van der Waals surface area contributed by atoms with Crippen LogP contribution in [-0.2, 0) is 44.3 Å². The van der Waals surface area contributed by atoms with Crippen molar-refractivity contribution in [1.29, 1.82) is 0 Å². The lowest BCUT2D eigenvalue weighted by molar-refractivity contribution is -0.119. The number of sulfone groups is 1. The van der Waals surface area contributed by atoms with Crippen LogP contribution in [0.25, 0.3) is 0 Å². The van der Waals surface area contributed by atoms with Crippen LogP contribution in [0.5, 0.6) is 0 Å². The summed E-state index contributed by atoms with van der Waals surface area (Å²) in [6, 6.07) is 23.7. The van der Waals surface area contributed by atoms with E-state index < -0.39 is 31.9 Å². The molecule has 1 aliphatic rings. The summed E-state index contributed by atoms with van der Waals surface area (Å²) in [5.74, 6) is -0.574. The Morgan fingerprint density at radius 3 is 2.00 bits per heavy atom. The Labute approximate surface area is 218 Å². The summed E-state index contributed by atoms with van der Waals surface area (Å²) < 4.78 is 54.8. The summed E-state index contributed by atoms with van der Waals surface area (Å²) in [6.07, 6.45) is 0. The van der Waals surface area contributed by atoms with Crippen LogP contribution < -0.4 is 10.6 Å². The number of hydrogen-bond donors (Lipinski definition) is 2. The zero-order valence-corrected chi connectivity index (χ0v) is 22.2. The minimum atomic E-state index is -4.06. The number of carbonyl (C=O) groups is 1. The Morgan fingerprint density at radius 2 is 1.41 bits per heavy atom. The van der Waals surface area contributed by atoms with Gasteiger partial charge in [-0.2, -0.15) is 4.31 Å². The maximum absolute atomic E-state index is 14.0. The van der Waals surface area contributed by atoms with E-state index >= 15 is 0 Å². The molecule has 0 unspecified atom stereocenters. The van der Waals surface area contributed by atoms with Gasteiger partial charge in [0.25, 0.3) is 0 Å². The fourth-order valence-corrected chi connectivity index (χ4v) is 8.14. The first-order valence-electron chi connectivity index (χ1n) is 12.0. The van der Waals surface area contributed by atoms with Crippen molar-refractivity contribution in [2.24, 2.45) is 0 Å². The predicted octanol–water partition coefficient (Wildman–Crippen LogP) is 2.47. The first kappa shape index (κ1) is 27.0. The molecule has 10 heteroatoms. The first-order chi connectivity index (χ1) is 17.6. The molecule has 8 nitrogen and oxygen atoms in total. The topological polar surface area (TPSA) is 113 Å². The summed E-state index contributed by atoms with van der Waals surface area (Å²) in [6.45, 7) is 2.17. The van der Waals surface area contributed by atoms with Crippen molar-refractivity contribution in [1.82, 2.24) is 14.9 Å². The molecule has 0 aliphatic carbocycles. The highest BCUT2D eigenvalue weighted by Gasteiger charge is 2.45. The monoisotopic (exact) mass is 541 g/mol. The second kappa shape index (κ2) is 11.6. The number of benzene rings is 3. The van der Waals surface area contributed by atoms with Crippen molar-refractivity contribution in [3.8, 4) is 0 Å². The Kier molecular flexibility index (Phi) is 8.43. The average molecular weight is 542 g/mol. The summed E-state index contributed by atoms with van der Waals surface area (Å²) in [4.78, 5) is 11.3. The molecule has 3 aromatic rings. The van der Waals surface area contributed by atoms with E-state index in [1.807, 2.05) is 60.7 Å². The normalized spacial score (nSPS) is 19.1. The lowest BCUT2D eigenvalue weighted by Crippen LogP contribution is -2.51. The second-order valence-electron chi connectivity index (χ2n) is 9.21. The standard InChI is InChI=1S/C27H31N3O5S2/c1-21(31)28-16-23-12-14-25(15-13-23)37(34,35)30(18-24-10-6-3-7-11-24)27-20-36(32,33)19-26(27)29-17-22-8-4-2-5-9-22/h2-15,26-27,29H,16-20H2,1H3,(H,28,31)/t26-,27+/m1/s1. The van der Waals surface area contributed by atoms with E-state index in [2.05, 4.69) is 10.6 Å². The molecule has 37 heavy (non-hydrogen) atoms. The van der Waals surface area contributed by atoms with Gasteiger partial charge in [-0.15, -0.1) is 0 Å². The molecule has 0 radical (unpaired) electrons. The first-order valence-corrected chi connectivity index (χ1v) is 15.3. The van der Waals surface area contributed by atoms with Crippen LogP contribution in [-0.4, -0.2) is 50.6 Å². The highest BCUT2D eigenvalue weighted by atomic mass is 32.2.